The van der Waals surface area contributed by atoms with E-state index in [1.807, 2.05) is 93.2 Å². The number of hydrogen-bond acceptors (Lipinski definition) is 6. The molecular weight excluding hydrogens is 528 g/mol. The third-order valence-corrected chi connectivity index (χ3v) is 7.50. The maximum Gasteiger partial charge on any atom is 0.266 e. The molecule has 2 aromatic carbocycles. The fourth-order valence-electron chi connectivity index (χ4n) is 5.33. The molecule has 0 spiro atoms. The zero-order valence-electron chi connectivity index (χ0n) is 24.0. The number of aryl methyl sites for hydroxylation is 3. The summed E-state index contributed by atoms with van der Waals surface area (Å²) in [6.07, 6.45) is 7.29. The van der Waals surface area contributed by atoms with Crippen LogP contribution in [0.3, 0.4) is 0 Å². The van der Waals surface area contributed by atoms with Crippen LogP contribution in [0.4, 0.5) is 0 Å². The van der Waals surface area contributed by atoms with E-state index in [4.69, 9.17) is 4.98 Å². The van der Waals surface area contributed by atoms with Gasteiger partial charge in [0.25, 0.3) is 11.5 Å². The molecule has 0 aliphatic carbocycles. The maximum atomic E-state index is 14.3. The van der Waals surface area contributed by atoms with Crippen LogP contribution in [0, 0.1) is 20.8 Å². The largest absolute Gasteiger partial charge is 0.342 e. The van der Waals surface area contributed by atoms with E-state index in [2.05, 4.69) is 20.5 Å². The van der Waals surface area contributed by atoms with Gasteiger partial charge in [-0.25, -0.2) is 14.5 Å². The lowest BCUT2D eigenvalue weighted by Crippen LogP contribution is -2.33. The van der Waals surface area contributed by atoms with Crippen molar-refractivity contribution in [3.8, 4) is 5.69 Å². The van der Waals surface area contributed by atoms with Gasteiger partial charge in [-0.15, -0.1) is 0 Å². The Balaban J connectivity index is 1.47. The number of carbonyl (C=O) groups excluding carboxylic acids is 1. The van der Waals surface area contributed by atoms with Crippen molar-refractivity contribution in [1.82, 2.24) is 39.2 Å². The van der Waals surface area contributed by atoms with E-state index < -0.39 is 6.04 Å². The van der Waals surface area contributed by atoms with Crippen LogP contribution in [-0.4, -0.2) is 39.8 Å². The monoisotopic (exact) mass is 558 g/mol. The predicted molar refractivity (Wildman–Crippen MR) is 163 cm³/mol. The first-order valence-corrected chi connectivity index (χ1v) is 13.6. The van der Waals surface area contributed by atoms with Gasteiger partial charge in [0.05, 0.1) is 34.0 Å². The standard InChI is InChI=1S/C32H30N8O2/c1-19-25(22(4)38(5)36-19)16-15-23-11-9-14-26-28(23)32(42)40(24-12-7-6-8-13-24)29(35-26)21(3)34-31(41)27-20(2)37-39-18-10-17-33-30(27)39/h6-18,21H,1-5H3,(H,34,41)/b16-15+/t21-/m1/s1. The molecule has 42 heavy (non-hydrogen) atoms. The summed E-state index contributed by atoms with van der Waals surface area (Å²) in [6, 6.07) is 16.1. The molecule has 210 valence electrons. The minimum Gasteiger partial charge on any atom is -0.342 e. The van der Waals surface area contributed by atoms with Gasteiger partial charge in [-0.3, -0.25) is 18.8 Å². The molecule has 4 heterocycles. The fourth-order valence-corrected chi connectivity index (χ4v) is 5.33. The van der Waals surface area contributed by atoms with E-state index >= 15 is 0 Å². The van der Waals surface area contributed by atoms with Gasteiger partial charge in [0.2, 0.25) is 0 Å². The normalized spacial score (nSPS) is 12.4. The van der Waals surface area contributed by atoms with Crippen LogP contribution in [0.15, 0.2) is 71.8 Å². The highest BCUT2D eigenvalue weighted by Gasteiger charge is 2.24. The summed E-state index contributed by atoms with van der Waals surface area (Å²) in [7, 11) is 1.91. The summed E-state index contributed by atoms with van der Waals surface area (Å²) < 4.78 is 4.99. The topological polar surface area (TPSA) is 112 Å². The average molecular weight is 559 g/mol. The quantitative estimate of drug-likeness (QED) is 0.316. The molecule has 0 saturated heterocycles. The molecule has 10 nitrogen and oxygen atoms in total. The highest BCUT2D eigenvalue weighted by Crippen LogP contribution is 2.24. The molecule has 0 bridgehead atoms. The Labute approximate surface area is 242 Å². The minimum absolute atomic E-state index is 0.226. The van der Waals surface area contributed by atoms with E-state index in [0.29, 0.717) is 39.3 Å². The first kappa shape index (κ1) is 26.8. The Morgan fingerprint density at radius 2 is 1.74 bits per heavy atom. The molecule has 0 unspecified atom stereocenters. The lowest BCUT2D eigenvalue weighted by Gasteiger charge is -2.20. The van der Waals surface area contributed by atoms with Crippen LogP contribution in [0.5, 0.6) is 0 Å². The molecule has 0 aliphatic heterocycles. The van der Waals surface area contributed by atoms with Crippen molar-refractivity contribution in [2.24, 2.45) is 7.05 Å². The molecule has 1 atom stereocenters. The second-order valence-corrected chi connectivity index (χ2v) is 10.3. The lowest BCUT2D eigenvalue weighted by molar-refractivity contribution is 0.0938. The SMILES string of the molecule is Cc1nn(C)c(C)c1/C=C/c1cccc2nc([C@@H](C)NC(=O)c3c(C)nn4cccnc34)n(-c3ccccc3)c(=O)c12. The Bertz CT molecular complexity index is 2070. The Hall–Kier alpha value is -5.38. The first-order chi connectivity index (χ1) is 20.2. The Morgan fingerprint density at radius 1 is 0.952 bits per heavy atom. The average Bonchev–Trinajstić information content (AvgIpc) is 3.44. The van der Waals surface area contributed by atoms with Crippen LogP contribution in [0.2, 0.25) is 0 Å². The molecule has 1 amide bonds. The molecule has 6 aromatic rings. The summed E-state index contributed by atoms with van der Waals surface area (Å²) in [5, 5.41) is 12.4. The van der Waals surface area contributed by atoms with Crippen molar-refractivity contribution in [2.45, 2.75) is 33.7 Å². The van der Waals surface area contributed by atoms with Gasteiger partial charge in [-0.05, 0) is 57.5 Å². The molecular formula is C32H30N8O2. The first-order valence-electron chi connectivity index (χ1n) is 13.6. The second-order valence-electron chi connectivity index (χ2n) is 10.3. The number of carbonyl (C=O) groups is 1. The highest BCUT2D eigenvalue weighted by molar-refractivity contribution is 6.01. The van der Waals surface area contributed by atoms with Gasteiger partial charge in [0, 0.05) is 30.7 Å². The van der Waals surface area contributed by atoms with Gasteiger partial charge in [0.15, 0.2) is 5.65 Å². The van der Waals surface area contributed by atoms with Crippen LogP contribution >= 0.6 is 0 Å². The lowest BCUT2D eigenvalue weighted by atomic mass is 10.1. The van der Waals surface area contributed by atoms with E-state index in [9.17, 15) is 9.59 Å². The Morgan fingerprint density at radius 3 is 2.48 bits per heavy atom. The number of nitrogens with one attached hydrogen (secondary N) is 1. The molecule has 0 saturated carbocycles. The predicted octanol–water partition coefficient (Wildman–Crippen LogP) is 4.75. The molecule has 0 radical (unpaired) electrons. The molecule has 6 rings (SSSR count). The summed E-state index contributed by atoms with van der Waals surface area (Å²) in [5.41, 5.74) is 6.06. The number of fused-ring (bicyclic) bond motifs is 2. The van der Waals surface area contributed by atoms with Crippen molar-refractivity contribution in [1.29, 1.82) is 0 Å². The van der Waals surface area contributed by atoms with Gasteiger partial charge in [-0.2, -0.15) is 10.2 Å². The number of hydrogen-bond donors (Lipinski definition) is 1. The number of amides is 1. The van der Waals surface area contributed by atoms with Crippen LogP contribution < -0.4 is 10.9 Å². The van der Waals surface area contributed by atoms with Crippen LogP contribution in [-0.2, 0) is 7.05 Å². The minimum atomic E-state index is -0.618. The fraction of sp³-hybridized carbons (Fsp3) is 0.188. The number of nitrogens with zero attached hydrogens (tertiary/aromatic N) is 7. The third kappa shape index (κ3) is 4.56. The molecule has 0 aliphatic rings. The smallest absolute Gasteiger partial charge is 0.266 e. The van der Waals surface area contributed by atoms with Crippen molar-refractivity contribution in [3.05, 3.63) is 117 Å². The molecule has 4 aromatic heterocycles. The number of para-hydroxylation sites is 1. The molecule has 1 N–H and O–H groups in total. The van der Waals surface area contributed by atoms with Crippen molar-refractivity contribution in [3.63, 3.8) is 0 Å². The van der Waals surface area contributed by atoms with Crippen molar-refractivity contribution < 1.29 is 4.79 Å². The van der Waals surface area contributed by atoms with Gasteiger partial charge in [0.1, 0.15) is 11.4 Å². The van der Waals surface area contributed by atoms with E-state index in [1.54, 1.807) is 34.5 Å². The van der Waals surface area contributed by atoms with Gasteiger partial charge < -0.3 is 5.32 Å². The number of rotatable bonds is 6. The summed E-state index contributed by atoms with van der Waals surface area (Å²) >= 11 is 0. The highest BCUT2D eigenvalue weighted by atomic mass is 16.2. The summed E-state index contributed by atoms with van der Waals surface area (Å²) in [6.45, 7) is 7.56. The van der Waals surface area contributed by atoms with E-state index in [0.717, 1.165) is 22.5 Å². The second kappa shape index (κ2) is 10.5. The molecule has 0 fully saturated rings. The van der Waals surface area contributed by atoms with E-state index in [1.165, 1.54) is 0 Å². The molecule has 10 heteroatoms. The number of aromatic nitrogens is 7. The number of benzene rings is 2. The van der Waals surface area contributed by atoms with Crippen molar-refractivity contribution in [2.75, 3.05) is 0 Å². The van der Waals surface area contributed by atoms with E-state index in [-0.39, 0.29) is 11.5 Å². The summed E-state index contributed by atoms with van der Waals surface area (Å²) in [4.78, 5) is 37.1. The zero-order chi connectivity index (χ0) is 29.5. The maximum absolute atomic E-state index is 14.3. The van der Waals surface area contributed by atoms with Crippen LogP contribution in [0.25, 0.3) is 34.4 Å². The van der Waals surface area contributed by atoms with Gasteiger partial charge in [-0.1, -0.05) is 42.5 Å². The third-order valence-electron chi connectivity index (χ3n) is 7.50. The van der Waals surface area contributed by atoms with Gasteiger partial charge >= 0.3 is 0 Å². The van der Waals surface area contributed by atoms with Crippen molar-refractivity contribution >= 4 is 34.6 Å². The summed E-state index contributed by atoms with van der Waals surface area (Å²) in [5.74, 6) is 0.0655. The Kier molecular flexibility index (Phi) is 6.74. The van der Waals surface area contributed by atoms with Crippen LogP contribution in [0.1, 0.15) is 57.4 Å². The zero-order valence-corrected chi connectivity index (χ0v) is 24.0.